The lowest BCUT2D eigenvalue weighted by Crippen LogP contribution is -2.41. The van der Waals surface area contributed by atoms with E-state index in [-0.39, 0.29) is 11.5 Å². The Morgan fingerprint density at radius 1 is 0.421 bits per heavy atom. The van der Waals surface area contributed by atoms with Crippen LogP contribution in [0, 0.1) is 0 Å². The predicted octanol–water partition coefficient (Wildman–Crippen LogP) is 5.50. The lowest BCUT2D eigenvalue weighted by molar-refractivity contribution is -0.890. The summed E-state index contributed by atoms with van der Waals surface area (Å²) in [6, 6.07) is 0. The first-order valence-electron chi connectivity index (χ1n) is 15.0. The zero-order chi connectivity index (χ0) is 29.6. The third kappa shape index (κ3) is 33.8. The molecule has 0 aromatic heterocycles. The van der Waals surface area contributed by atoms with E-state index >= 15 is 0 Å². The summed E-state index contributed by atoms with van der Waals surface area (Å²) in [6.07, 6.45) is 19.0. The van der Waals surface area contributed by atoms with E-state index in [0.717, 1.165) is 35.1 Å². The topological polar surface area (TPSA) is 114 Å². The first-order chi connectivity index (χ1) is 17.5. The Kier molecular flexibility index (Phi) is 23.5. The molecule has 0 bridgehead atoms. The summed E-state index contributed by atoms with van der Waals surface area (Å²) in [5.41, 5.74) is 0. The summed E-state index contributed by atoms with van der Waals surface area (Å²) in [5, 5.41) is 0. The molecule has 0 amide bonds. The Morgan fingerprint density at radius 2 is 0.658 bits per heavy atom. The minimum absolute atomic E-state index is 0.230. The van der Waals surface area contributed by atoms with Crippen molar-refractivity contribution in [1.82, 2.24) is 0 Å². The molecule has 38 heavy (non-hydrogen) atoms. The van der Waals surface area contributed by atoms with E-state index < -0.39 is 20.2 Å². The van der Waals surface area contributed by atoms with Crippen molar-refractivity contribution in [3.63, 3.8) is 0 Å². The maximum absolute atomic E-state index is 10.6. The highest BCUT2D eigenvalue weighted by molar-refractivity contribution is 7.85. The summed E-state index contributed by atoms with van der Waals surface area (Å²) in [5.74, 6) is -0.461. The van der Waals surface area contributed by atoms with Crippen LogP contribution in [0.2, 0.25) is 0 Å². The molecule has 0 N–H and O–H groups in total. The smallest absolute Gasteiger partial charge is 0.0948 e. The van der Waals surface area contributed by atoms with Crippen LogP contribution < -0.4 is 0 Å². The van der Waals surface area contributed by atoms with Crippen LogP contribution in [0.1, 0.15) is 117 Å². The molecule has 232 valence electrons. The van der Waals surface area contributed by atoms with Gasteiger partial charge in [0.1, 0.15) is 0 Å². The largest absolute Gasteiger partial charge is 0.748 e. The van der Waals surface area contributed by atoms with E-state index in [9.17, 15) is 25.9 Å². The second kappa shape index (κ2) is 22.4. The molecule has 0 fully saturated rings. The van der Waals surface area contributed by atoms with Gasteiger partial charge in [0.25, 0.3) is 0 Å². The van der Waals surface area contributed by atoms with Crippen LogP contribution in [0.25, 0.3) is 0 Å². The first-order valence-corrected chi connectivity index (χ1v) is 18.2. The molecular weight excluding hydrogens is 524 g/mol. The van der Waals surface area contributed by atoms with Crippen LogP contribution in [0.5, 0.6) is 0 Å². The van der Waals surface area contributed by atoms with Crippen molar-refractivity contribution in [2.45, 2.75) is 117 Å². The van der Waals surface area contributed by atoms with Gasteiger partial charge >= 0.3 is 0 Å². The zero-order valence-corrected chi connectivity index (χ0v) is 27.3. The monoisotopic (exact) mass is 586 g/mol. The average molecular weight is 587 g/mol. The van der Waals surface area contributed by atoms with Crippen molar-refractivity contribution < 1.29 is 34.9 Å². The molecule has 0 heterocycles. The normalized spacial score (nSPS) is 12.8. The molecule has 0 aliphatic rings. The van der Waals surface area contributed by atoms with Crippen molar-refractivity contribution >= 4 is 20.2 Å². The Balaban J connectivity index is 0. The molecule has 10 heteroatoms. The van der Waals surface area contributed by atoms with Gasteiger partial charge in [-0.15, -0.1) is 0 Å². The van der Waals surface area contributed by atoms with Crippen molar-refractivity contribution in [2.75, 3.05) is 65.9 Å². The van der Waals surface area contributed by atoms with E-state index in [2.05, 4.69) is 42.0 Å². The summed E-state index contributed by atoms with van der Waals surface area (Å²) in [6.45, 7) is 8.09. The van der Waals surface area contributed by atoms with Crippen LogP contribution >= 0.6 is 0 Å². The lowest BCUT2D eigenvalue weighted by atomic mass is 10.1. The summed E-state index contributed by atoms with van der Waals surface area (Å²) in [4.78, 5) is 0. The SMILES string of the molecule is CCCCCCCCCC[N+](C)(C)CCCS(=O)(=O)[O-].CCCCCCCC[N+](C)(C)CCCS(=O)(=O)[O-]. The summed E-state index contributed by atoms with van der Waals surface area (Å²) >= 11 is 0. The molecule has 0 unspecified atom stereocenters. The Morgan fingerprint density at radius 3 is 0.921 bits per heavy atom. The van der Waals surface area contributed by atoms with Crippen LogP contribution in [0.4, 0.5) is 0 Å². The van der Waals surface area contributed by atoms with Gasteiger partial charge in [-0.3, -0.25) is 0 Å². The van der Waals surface area contributed by atoms with Crippen molar-refractivity contribution in [3.8, 4) is 0 Å². The third-order valence-electron chi connectivity index (χ3n) is 7.05. The van der Waals surface area contributed by atoms with Crippen LogP contribution in [-0.4, -0.2) is 101 Å². The highest BCUT2D eigenvalue weighted by Gasteiger charge is 2.15. The molecule has 0 aliphatic heterocycles. The summed E-state index contributed by atoms with van der Waals surface area (Å²) < 4.78 is 64.9. The number of unbranched alkanes of at least 4 members (excludes halogenated alkanes) is 12. The first kappa shape index (κ1) is 39.9. The molecular formula is C28H62N2O6S2. The highest BCUT2D eigenvalue weighted by atomic mass is 32.2. The molecule has 0 radical (unpaired) electrons. The molecule has 0 spiro atoms. The zero-order valence-electron chi connectivity index (χ0n) is 25.7. The molecule has 0 aromatic carbocycles. The number of rotatable bonds is 24. The summed E-state index contributed by atoms with van der Waals surface area (Å²) in [7, 11) is 0.332. The predicted molar refractivity (Wildman–Crippen MR) is 158 cm³/mol. The number of hydrogen-bond acceptors (Lipinski definition) is 6. The minimum Gasteiger partial charge on any atom is -0.748 e. The molecule has 0 aromatic rings. The van der Waals surface area contributed by atoms with Gasteiger partial charge < -0.3 is 18.1 Å². The fourth-order valence-corrected chi connectivity index (χ4v) is 5.52. The fraction of sp³-hybridized carbons (Fsp3) is 1.00. The van der Waals surface area contributed by atoms with Gasteiger partial charge in [-0.05, 0) is 25.7 Å². The highest BCUT2D eigenvalue weighted by Crippen LogP contribution is 2.11. The van der Waals surface area contributed by atoms with Crippen LogP contribution in [0.3, 0.4) is 0 Å². The van der Waals surface area contributed by atoms with Gasteiger partial charge in [0, 0.05) is 24.3 Å². The molecule has 0 saturated heterocycles. The Bertz CT molecular complexity index is 753. The minimum atomic E-state index is -4.05. The molecule has 0 aliphatic carbocycles. The standard InChI is InChI=1S/C15H33NO3S.C13H29NO3S/c1-4-5-6-7-8-9-10-11-13-16(2,3)14-12-15-20(17,18)19;1-4-5-6-7-8-9-11-14(2,3)12-10-13-18(15,16)17/h4-15H2,1-3H3;4-13H2,1-3H3. The van der Waals surface area contributed by atoms with Gasteiger partial charge in [0.05, 0.1) is 74.6 Å². The number of quaternary nitrogens is 2. The molecule has 0 rings (SSSR count). The van der Waals surface area contributed by atoms with Gasteiger partial charge in [-0.1, -0.05) is 78.1 Å². The lowest BCUT2D eigenvalue weighted by Gasteiger charge is -2.30. The van der Waals surface area contributed by atoms with Crippen LogP contribution in [-0.2, 0) is 20.2 Å². The molecule has 8 nitrogen and oxygen atoms in total. The van der Waals surface area contributed by atoms with Gasteiger partial charge in [-0.2, -0.15) is 0 Å². The second-order valence-electron chi connectivity index (χ2n) is 12.2. The Hall–Kier alpha value is -0.260. The van der Waals surface area contributed by atoms with E-state index in [0.29, 0.717) is 12.8 Å². The van der Waals surface area contributed by atoms with Crippen molar-refractivity contribution in [3.05, 3.63) is 0 Å². The van der Waals surface area contributed by atoms with Crippen molar-refractivity contribution in [1.29, 1.82) is 0 Å². The maximum atomic E-state index is 10.6. The Labute approximate surface area is 237 Å². The van der Waals surface area contributed by atoms with E-state index in [1.54, 1.807) is 0 Å². The fourth-order valence-electron chi connectivity index (χ4n) is 4.56. The van der Waals surface area contributed by atoms with E-state index in [1.807, 2.05) is 0 Å². The van der Waals surface area contributed by atoms with E-state index in [4.69, 9.17) is 0 Å². The van der Waals surface area contributed by atoms with Gasteiger partial charge in [-0.25, -0.2) is 16.8 Å². The third-order valence-corrected chi connectivity index (χ3v) is 8.63. The molecule has 0 saturated carbocycles. The van der Waals surface area contributed by atoms with E-state index in [1.165, 1.54) is 89.9 Å². The maximum Gasteiger partial charge on any atom is 0.0948 e. The quantitative estimate of drug-likeness (QED) is 0.0838. The van der Waals surface area contributed by atoms with Crippen LogP contribution in [0.15, 0.2) is 0 Å². The van der Waals surface area contributed by atoms with Gasteiger partial charge in [0.2, 0.25) is 0 Å². The molecule has 0 atom stereocenters. The van der Waals surface area contributed by atoms with Gasteiger partial charge in [0.15, 0.2) is 0 Å². The average Bonchev–Trinajstić information content (AvgIpc) is 2.76. The second-order valence-corrected chi connectivity index (χ2v) is 15.3. The number of nitrogens with zero attached hydrogens (tertiary/aromatic N) is 2. The van der Waals surface area contributed by atoms with Crippen molar-refractivity contribution in [2.24, 2.45) is 0 Å². The number of hydrogen-bond donors (Lipinski definition) is 0.